The van der Waals surface area contributed by atoms with Gasteiger partial charge in [0.05, 0.1) is 5.70 Å². The molecule has 0 spiro atoms. The van der Waals surface area contributed by atoms with Gasteiger partial charge in [-0.25, -0.2) is 0 Å². The molecule has 0 bridgehead atoms. The fourth-order valence-corrected chi connectivity index (χ4v) is 3.16. The first-order valence-corrected chi connectivity index (χ1v) is 10.9. The van der Waals surface area contributed by atoms with Crippen LogP contribution in [0.1, 0.15) is 47.8 Å². The Morgan fingerprint density at radius 3 is 2.03 bits per heavy atom. The van der Waals surface area contributed by atoms with Crippen LogP contribution in [0.5, 0.6) is 5.75 Å². The molecule has 0 atom stereocenters. The molecular weight excluding hydrogens is 452 g/mol. The van der Waals surface area contributed by atoms with E-state index in [1.54, 1.807) is 24.3 Å². The lowest BCUT2D eigenvalue weighted by atomic mass is 9.86. The monoisotopic (exact) mass is 478 g/mol. The standard InChI is InChI=1S/C26H27BrN2O2/c1-18(20-7-11-22(12-8-20)26(2,3)4)28-29-25(30)21-9-15-24(16-10-21)31-17-19-5-13-23(27)14-6-19/h5-16,28H,1,17H2,2-4H3,(H,29,30). The van der Waals surface area contributed by atoms with Crippen LogP contribution in [0.3, 0.4) is 0 Å². The molecule has 2 N–H and O–H groups in total. The Kier molecular flexibility index (Phi) is 7.18. The second kappa shape index (κ2) is 9.84. The molecule has 1 amide bonds. The predicted molar refractivity (Wildman–Crippen MR) is 130 cm³/mol. The topological polar surface area (TPSA) is 50.4 Å². The van der Waals surface area contributed by atoms with Crippen molar-refractivity contribution in [2.24, 2.45) is 0 Å². The number of benzene rings is 3. The normalized spacial score (nSPS) is 11.0. The number of nitrogens with one attached hydrogen (secondary N) is 2. The van der Waals surface area contributed by atoms with Crippen LogP contribution in [0, 0.1) is 0 Å². The summed E-state index contributed by atoms with van der Waals surface area (Å²) < 4.78 is 6.81. The smallest absolute Gasteiger partial charge is 0.269 e. The van der Waals surface area contributed by atoms with Crippen molar-refractivity contribution in [1.82, 2.24) is 10.9 Å². The highest BCUT2D eigenvalue weighted by molar-refractivity contribution is 9.10. The van der Waals surface area contributed by atoms with Crippen molar-refractivity contribution in [3.63, 3.8) is 0 Å². The predicted octanol–water partition coefficient (Wildman–Crippen LogP) is 6.23. The molecule has 0 aromatic heterocycles. The first-order chi connectivity index (χ1) is 14.7. The average Bonchev–Trinajstić information content (AvgIpc) is 2.76. The quantitative estimate of drug-likeness (QED) is 0.395. The molecule has 0 unspecified atom stereocenters. The molecule has 0 aliphatic heterocycles. The summed E-state index contributed by atoms with van der Waals surface area (Å²) in [7, 11) is 0. The van der Waals surface area contributed by atoms with E-state index >= 15 is 0 Å². The van der Waals surface area contributed by atoms with Crippen LogP contribution in [-0.2, 0) is 12.0 Å². The fourth-order valence-electron chi connectivity index (χ4n) is 2.90. The van der Waals surface area contributed by atoms with Gasteiger partial charge in [-0.3, -0.25) is 15.6 Å². The molecule has 31 heavy (non-hydrogen) atoms. The van der Waals surface area contributed by atoms with Crippen molar-refractivity contribution in [2.75, 3.05) is 0 Å². The van der Waals surface area contributed by atoms with E-state index in [1.165, 1.54) is 5.56 Å². The molecule has 4 nitrogen and oxygen atoms in total. The van der Waals surface area contributed by atoms with Crippen molar-refractivity contribution in [2.45, 2.75) is 32.8 Å². The third-order valence-corrected chi connectivity index (χ3v) is 5.39. The summed E-state index contributed by atoms with van der Waals surface area (Å²) in [5.74, 6) is 0.461. The fraction of sp³-hybridized carbons (Fsp3) is 0.192. The number of hydrogen-bond donors (Lipinski definition) is 2. The van der Waals surface area contributed by atoms with Crippen molar-refractivity contribution in [3.8, 4) is 5.75 Å². The van der Waals surface area contributed by atoms with E-state index in [-0.39, 0.29) is 11.3 Å². The Morgan fingerprint density at radius 1 is 0.871 bits per heavy atom. The second-order valence-corrected chi connectivity index (χ2v) is 9.24. The van der Waals surface area contributed by atoms with Gasteiger partial charge < -0.3 is 4.74 Å². The molecule has 0 saturated heterocycles. The maximum absolute atomic E-state index is 12.4. The summed E-state index contributed by atoms with van der Waals surface area (Å²) in [4.78, 5) is 12.4. The van der Waals surface area contributed by atoms with E-state index < -0.39 is 0 Å². The van der Waals surface area contributed by atoms with Crippen LogP contribution in [0.15, 0.2) is 83.8 Å². The molecule has 3 rings (SSSR count). The molecule has 160 valence electrons. The third-order valence-electron chi connectivity index (χ3n) is 4.86. The Hall–Kier alpha value is -3.05. The number of amides is 1. The highest BCUT2D eigenvalue weighted by Crippen LogP contribution is 2.23. The molecule has 0 aliphatic carbocycles. The summed E-state index contributed by atoms with van der Waals surface area (Å²) in [6.07, 6.45) is 0. The molecule has 0 aliphatic rings. The van der Waals surface area contributed by atoms with Gasteiger partial charge in [0.25, 0.3) is 5.91 Å². The van der Waals surface area contributed by atoms with Crippen molar-refractivity contribution < 1.29 is 9.53 Å². The molecule has 0 fully saturated rings. The van der Waals surface area contributed by atoms with E-state index in [0.717, 1.165) is 15.6 Å². The molecule has 0 saturated carbocycles. The Balaban J connectivity index is 1.51. The maximum atomic E-state index is 12.4. The van der Waals surface area contributed by atoms with E-state index in [9.17, 15) is 4.79 Å². The molecular formula is C26H27BrN2O2. The molecule has 3 aromatic carbocycles. The van der Waals surface area contributed by atoms with Gasteiger partial charge in [-0.15, -0.1) is 0 Å². The number of ether oxygens (including phenoxy) is 1. The first-order valence-electron chi connectivity index (χ1n) is 10.1. The largest absolute Gasteiger partial charge is 0.489 e. The lowest BCUT2D eigenvalue weighted by Crippen LogP contribution is -2.35. The van der Waals surface area contributed by atoms with Gasteiger partial charge in [0, 0.05) is 10.0 Å². The molecule has 5 heteroatoms. The number of hydrazine groups is 1. The van der Waals surface area contributed by atoms with E-state index in [4.69, 9.17) is 4.74 Å². The number of rotatable bonds is 7. The van der Waals surface area contributed by atoms with E-state index in [1.807, 2.05) is 36.4 Å². The summed E-state index contributed by atoms with van der Waals surface area (Å²) in [6.45, 7) is 11.0. The zero-order chi connectivity index (χ0) is 22.4. The first kappa shape index (κ1) is 22.6. The minimum atomic E-state index is -0.244. The van der Waals surface area contributed by atoms with Gasteiger partial charge in [0.15, 0.2) is 0 Å². The van der Waals surface area contributed by atoms with Crippen LogP contribution < -0.4 is 15.6 Å². The molecule has 0 radical (unpaired) electrons. The van der Waals surface area contributed by atoms with E-state index in [2.05, 4.69) is 66.3 Å². The third kappa shape index (κ3) is 6.46. The average molecular weight is 479 g/mol. The van der Waals surface area contributed by atoms with Crippen LogP contribution in [0.2, 0.25) is 0 Å². The zero-order valence-electron chi connectivity index (χ0n) is 18.0. The Morgan fingerprint density at radius 2 is 1.45 bits per heavy atom. The summed E-state index contributed by atoms with van der Waals surface area (Å²) in [5.41, 5.74) is 10.1. The van der Waals surface area contributed by atoms with Crippen LogP contribution >= 0.6 is 15.9 Å². The minimum Gasteiger partial charge on any atom is -0.489 e. The lowest BCUT2D eigenvalue weighted by Gasteiger charge is -2.19. The summed E-state index contributed by atoms with van der Waals surface area (Å²) >= 11 is 3.42. The number of carbonyl (C=O) groups excluding carboxylic acids is 1. The van der Waals surface area contributed by atoms with Gasteiger partial charge in [-0.05, 0) is 58.5 Å². The van der Waals surface area contributed by atoms with E-state index in [0.29, 0.717) is 23.6 Å². The second-order valence-electron chi connectivity index (χ2n) is 8.32. The highest BCUT2D eigenvalue weighted by Gasteiger charge is 2.13. The van der Waals surface area contributed by atoms with Gasteiger partial charge in [-0.2, -0.15) is 0 Å². The zero-order valence-corrected chi connectivity index (χ0v) is 19.6. The van der Waals surface area contributed by atoms with Crippen LogP contribution in [0.4, 0.5) is 0 Å². The van der Waals surface area contributed by atoms with Gasteiger partial charge in [0.1, 0.15) is 12.4 Å². The molecule has 0 heterocycles. The summed E-state index contributed by atoms with van der Waals surface area (Å²) in [5, 5.41) is 0. The van der Waals surface area contributed by atoms with Crippen molar-refractivity contribution >= 4 is 27.5 Å². The minimum absolute atomic E-state index is 0.0929. The SMILES string of the molecule is C=C(NNC(=O)c1ccc(OCc2ccc(Br)cc2)cc1)c1ccc(C(C)(C)C)cc1. The van der Waals surface area contributed by atoms with Gasteiger partial charge in [-0.1, -0.05) is 79.7 Å². The Labute approximate surface area is 192 Å². The summed E-state index contributed by atoms with van der Waals surface area (Å²) in [6, 6.07) is 23.2. The Bertz CT molecular complexity index is 1030. The van der Waals surface area contributed by atoms with Gasteiger partial charge >= 0.3 is 0 Å². The lowest BCUT2D eigenvalue weighted by molar-refractivity contribution is 0.0942. The van der Waals surface area contributed by atoms with Crippen molar-refractivity contribution in [3.05, 3.63) is 106 Å². The molecule has 3 aromatic rings. The number of hydrogen-bond acceptors (Lipinski definition) is 3. The number of halogens is 1. The number of carbonyl (C=O) groups is 1. The maximum Gasteiger partial charge on any atom is 0.269 e. The van der Waals surface area contributed by atoms with Crippen LogP contribution in [0.25, 0.3) is 5.70 Å². The van der Waals surface area contributed by atoms with Crippen LogP contribution in [-0.4, -0.2) is 5.91 Å². The van der Waals surface area contributed by atoms with Crippen molar-refractivity contribution in [1.29, 1.82) is 0 Å². The van der Waals surface area contributed by atoms with Gasteiger partial charge in [0.2, 0.25) is 0 Å². The highest BCUT2D eigenvalue weighted by atomic mass is 79.9.